The molecule has 5 heteroatoms. The SMILES string of the molecule is COC(=O)Cc1ccc(OCc2ccc3ccc(Cl)cc3n2)cc1. The number of nitrogens with zero attached hydrogens (tertiary/aromatic N) is 1. The number of benzene rings is 2. The first-order valence-corrected chi connectivity index (χ1v) is 7.85. The number of esters is 1. The van der Waals surface area contributed by atoms with Gasteiger partial charge in [0.1, 0.15) is 12.4 Å². The Hall–Kier alpha value is -2.59. The Bertz CT molecular complexity index is 862. The van der Waals surface area contributed by atoms with Crippen LogP contribution in [0.5, 0.6) is 5.75 Å². The van der Waals surface area contributed by atoms with Crippen molar-refractivity contribution in [3.63, 3.8) is 0 Å². The summed E-state index contributed by atoms with van der Waals surface area (Å²) in [6.07, 6.45) is 0.254. The summed E-state index contributed by atoms with van der Waals surface area (Å²) in [5, 5.41) is 1.70. The summed E-state index contributed by atoms with van der Waals surface area (Å²) in [5.74, 6) is 0.458. The molecule has 0 N–H and O–H groups in total. The highest BCUT2D eigenvalue weighted by atomic mass is 35.5. The minimum absolute atomic E-state index is 0.254. The summed E-state index contributed by atoms with van der Waals surface area (Å²) < 4.78 is 10.4. The van der Waals surface area contributed by atoms with E-state index in [-0.39, 0.29) is 12.4 Å². The van der Waals surface area contributed by atoms with E-state index in [0.717, 1.165) is 27.9 Å². The molecule has 1 aromatic heterocycles. The molecule has 0 saturated carbocycles. The van der Waals surface area contributed by atoms with Crippen molar-refractivity contribution in [1.82, 2.24) is 4.98 Å². The summed E-state index contributed by atoms with van der Waals surface area (Å²) in [6, 6.07) is 16.9. The Kier molecular flexibility index (Phi) is 4.96. The first kappa shape index (κ1) is 16.3. The van der Waals surface area contributed by atoms with Gasteiger partial charge in [-0.25, -0.2) is 4.98 Å². The smallest absolute Gasteiger partial charge is 0.309 e. The number of carbonyl (C=O) groups is 1. The third-order valence-electron chi connectivity index (χ3n) is 3.60. The number of hydrogen-bond acceptors (Lipinski definition) is 4. The van der Waals surface area contributed by atoms with Crippen molar-refractivity contribution in [2.45, 2.75) is 13.0 Å². The standard InChI is InChI=1S/C19H16ClNO3/c1-23-19(22)10-13-2-8-17(9-3-13)24-12-16-7-5-14-4-6-15(20)11-18(14)21-16/h2-9,11H,10,12H2,1H3. The molecule has 24 heavy (non-hydrogen) atoms. The van der Waals surface area contributed by atoms with E-state index < -0.39 is 0 Å². The summed E-state index contributed by atoms with van der Waals surface area (Å²) in [6.45, 7) is 0.360. The maximum absolute atomic E-state index is 11.2. The van der Waals surface area contributed by atoms with Crippen LogP contribution >= 0.6 is 11.6 Å². The summed E-state index contributed by atoms with van der Waals surface area (Å²) in [5.41, 5.74) is 2.55. The second-order valence-electron chi connectivity index (χ2n) is 5.33. The van der Waals surface area contributed by atoms with Gasteiger partial charge in [-0.2, -0.15) is 0 Å². The third-order valence-corrected chi connectivity index (χ3v) is 3.83. The number of halogens is 1. The largest absolute Gasteiger partial charge is 0.487 e. The Balaban J connectivity index is 1.66. The number of aromatic nitrogens is 1. The van der Waals surface area contributed by atoms with Crippen LogP contribution in [-0.2, 0) is 22.6 Å². The lowest BCUT2D eigenvalue weighted by Crippen LogP contribution is -2.04. The highest BCUT2D eigenvalue weighted by Crippen LogP contribution is 2.19. The molecule has 0 unspecified atom stereocenters. The van der Waals surface area contributed by atoms with Crippen LogP contribution < -0.4 is 4.74 Å². The zero-order valence-electron chi connectivity index (χ0n) is 13.2. The van der Waals surface area contributed by atoms with Crippen LogP contribution in [0.1, 0.15) is 11.3 Å². The van der Waals surface area contributed by atoms with Crippen molar-refractivity contribution in [2.75, 3.05) is 7.11 Å². The van der Waals surface area contributed by atoms with Gasteiger partial charge in [-0.1, -0.05) is 35.9 Å². The average Bonchev–Trinajstić information content (AvgIpc) is 2.60. The molecule has 3 aromatic rings. The molecule has 0 amide bonds. The Labute approximate surface area is 145 Å². The fourth-order valence-electron chi connectivity index (χ4n) is 2.31. The predicted octanol–water partition coefficient (Wildman–Crippen LogP) is 4.18. The lowest BCUT2D eigenvalue weighted by molar-refractivity contribution is -0.139. The molecular weight excluding hydrogens is 326 g/mol. The molecule has 3 rings (SSSR count). The van der Waals surface area contributed by atoms with Crippen molar-refractivity contribution in [1.29, 1.82) is 0 Å². The van der Waals surface area contributed by atoms with E-state index in [9.17, 15) is 4.79 Å². The summed E-state index contributed by atoms with van der Waals surface area (Å²) >= 11 is 6.00. The topological polar surface area (TPSA) is 48.4 Å². The lowest BCUT2D eigenvalue weighted by Gasteiger charge is -2.08. The van der Waals surface area contributed by atoms with Gasteiger partial charge in [0.25, 0.3) is 0 Å². The van der Waals surface area contributed by atoms with Crippen LogP contribution in [-0.4, -0.2) is 18.1 Å². The zero-order chi connectivity index (χ0) is 16.9. The number of carbonyl (C=O) groups excluding carboxylic acids is 1. The first-order chi connectivity index (χ1) is 11.6. The highest BCUT2D eigenvalue weighted by molar-refractivity contribution is 6.31. The van der Waals surface area contributed by atoms with Crippen LogP contribution in [0.4, 0.5) is 0 Å². The number of fused-ring (bicyclic) bond motifs is 1. The molecule has 1 heterocycles. The Morgan fingerprint density at radius 2 is 1.83 bits per heavy atom. The fourth-order valence-corrected chi connectivity index (χ4v) is 2.48. The third kappa shape index (κ3) is 4.03. The number of ether oxygens (including phenoxy) is 2. The van der Waals surface area contributed by atoms with Crippen LogP contribution in [0.2, 0.25) is 5.02 Å². The van der Waals surface area contributed by atoms with Gasteiger partial charge in [0.15, 0.2) is 0 Å². The number of rotatable bonds is 5. The molecule has 0 aliphatic heterocycles. The van der Waals surface area contributed by atoms with Gasteiger partial charge in [0, 0.05) is 10.4 Å². The maximum atomic E-state index is 11.2. The van der Waals surface area contributed by atoms with Crippen molar-refractivity contribution in [3.8, 4) is 5.75 Å². The van der Waals surface area contributed by atoms with E-state index >= 15 is 0 Å². The lowest BCUT2D eigenvalue weighted by atomic mass is 10.1. The second kappa shape index (κ2) is 7.32. The van der Waals surface area contributed by atoms with Crippen molar-refractivity contribution in [3.05, 3.63) is 70.9 Å². The minimum atomic E-state index is -0.261. The molecule has 0 aliphatic carbocycles. The molecular formula is C19H16ClNO3. The van der Waals surface area contributed by atoms with Crippen molar-refractivity contribution >= 4 is 28.5 Å². The minimum Gasteiger partial charge on any atom is -0.487 e. The molecule has 2 aromatic carbocycles. The van der Waals surface area contributed by atoms with Gasteiger partial charge >= 0.3 is 5.97 Å². The molecule has 0 fully saturated rings. The quantitative estimate of drug-likeness (QED) is 0.653. The Morgan fingerprint density at radius 3 is 2.58 bits per heavy atom. The van der Waals surface area contributed by atoms with Gasteiger partial charge in [0.05, 0.1) is 24.7 Å². The molecule has 0 radical (unpaired) electrons. The van der Waals surface area contributed by atoms with Gasteiger partial charge in [-0.15, -0.1) is 0 Å². The number of hydrogen-bond donors (Lipinski definition) is 0. The van der Waals surface area contributed by atoms with E-state index in [4.69, 9.17) is 16.3 Å². The predicted molar refractivity (Wildman–Crippen MR) is 93.2 cm³/mol. The molecule has 0 spiro atoms. The van der Waals surface area contributed by atoms with Gasteiger partial charge in [-0.3, -0.25) is 4.79 Å². The molecule has 0 atom stereocenters. The molecule has 0 saturated heterocycles. The van der Waals surface area contributed by atoms with E-state index in [2.05, 4.69) is 9.72 Å². The Morgan fingerprint density at radius 1 is 1.08 bits per heavy atom. The van der Waals surface area contributed by atoms with Gasteiger partial charge in [-0.05, 0) is 35.9 Å². The van der Waals surface area contributed by atoms with Crippen molar-refractivity contribution < 1.29 is 14.3 Å². The maximum Gasteiger partial charge on any atom is 0.309 e. The summed E-state index contributed by atoms with van der Waals surface area (Å²) in [7, 11) is 1.38. The summed E-state index contributed by atoms with van der Waals surface area (Å²) in [4.78, 5) is 15.8. The average molecular weight is 342 g/mol. The van der Waals surface area contributed by atoms with Crippen LogP contribution in [0.15, 0.2) is 54.6 Å². The van der Waals surface area contributed by atoms with E-state index in [1.54, 1.807) is 0 Å². The zero-order valence-corrected chi connectivity index (χ0v) is 13.9. The van der Waals surface area contributed by atoms with E-state index in [1.165, 1.54) is 7.11 Å². The monoisotopic (exact) mass is 341 g/mol. The normalized spacial score (nSPS) is 10.6. The molecule has 0 bridgehead atoms. The first-order valence-electron chi connectivity index (χ1n) is 7.48. The van der Waals surface area contributed by atoms with E-state index in [0.29, 0.717) is 11.6 Å². The van der Waals surface area contributed by atoms with E-state index in [1.807, 2.05) is 54.6 Å². The van der Waals surface area contributed by atoms with Crippen molar-refractivity contribution in [2.24, 2.45) is 0 Å². The van der Waals surface area contributed by atoms with Crippen LogP contribution in [0.3, 0.4) is 0 Å². The van der Waals surface area contributed by atoms with Crippen LogP contribution in [0, 0.1) is 0 Å². The number of pyridine rings is 1. The second-order valence-corrected chi connectivity index (χ2v) is 5.76. The van der Waals surface area contributed by atoms with Gasteiger partial charge in [0.2, 0.25) is 0 Å². The van der Waals surface area contributed by atoms with Crippen LogP contribution in [0.25, 0.3) is 10.9 Å². The molecule has 0 aliphatic rings. The molecule has 4 nitrogen and oxygen atoms in total. The fraction of sp³-hybridized carbons (Fsp3) is 0.158. The molecule has 122 valence electrons. The number of methoxy groups -OCH3 is 1. The highest BCUT2D eigenvalue weighted by Gasteiger charge is 2.04. The van der Waals surface area contributed by atoms with Gasteiger partial charge < -0.3 is 9.47 Å².